The van der Waals surface area contributed by atoms with Crippen LogP contribution in [0.25, 0.3) is 0 Å². The second-order valence-electron chi connectivity index (χ2n) is 5.69. The molecular weight excluding hydrogens is 190 g/mol. The van der Waals surface area contributed by atoms with E-state index in [0.717, 1.165) is 32.2 Å². The van der Waals surface area contributed by atoms with Crippen LogP contribution >= 0.6 is 0 Å². The fraction of sp³-hybridized carbons (Fsp3) is 0.917. The van der Waals surface area contributed by atoms with Gasteiger partial charge in [0.25, 0.3) is 0 Å². The number of aliphatic carboxylic acids is 1. The monoisotopic (exact) mass is 213 g/mol. The Bertz CT molecular complexity index is 212. The zero-order valence-electron chi connectivity index (χ0n) is 10.0. The summed E-state index contributed by atoms with van der Waals surface area (Å²) in [7, 11) is 0. The molecule has 1 aliphatic carbocycles. The van der Waals surface area contributed by atoms with Gasteiger partial charge in [-0.2, -0.15) is 0 Å². The van der Waals surface area contributed by atoms with Crippen LogP contribution in [-0.4, -0.2) is 23.2 Å². The Balaban J connectivity index is 2.23. The van der Waals surface area contributed by atoms with Crippen LogP contribution in [0.15, 0.2) is 0 Å². The van der Waals surface area contributed by atoms with Crippen LogP contribution in [0.2, 0.25) is 0 Å². The molecule has 0 aliphatic heterocycles. The highest BCUT2D eigenvalue weighted by atomic mass is 16.4. The lowest BCUT2D eigenvalue weighted by Gasteiger charge is -2.29. The molecule has 0 radical (unpaired) electrons. The molecule has 0 amide bonds. The van der Waals surface area contributed by atoms with Crippen LogP contribution in [-0.2, 0) is 4.79 Å². The first-order valence-electron chi connectivity index (χ1n) is 5.86. The summed E-state index contributed by atoms with van der Waals surface area (Å²) in [6.07, 6.45) is 3.82. The SMILES string of the molecule is CC(C)(C)NCC1CCC(C(=O)O)CC1. The summed E-state index contributed by atoms with van der Waals surface area (Å²) in [6.45, 7) is 7.51. The maximum Gasteiger partial charge on any atom is 0.306 e. The summed E-state index contributed by atoms with van der Waals surface area (Å²) in [4.78, 5) is 10.8. The van der Waals surface area contributed by atoms with Crippen molar-refractivity contribution in [2.24, 2.45) is 11.8 Å². The van der Waals surface area contributed by atoms with Crippen LogP contribution in [0.1, 0.15) is 46.5 Å². The molecule has 0 saturated heterocycles. The molecule has 88 valence electrons. The van der Waals surface area contributed by atoms with E-state index in [0.29, 0.717) is 5.92 Å². The summed E-state index contributed by atoms with van der Waals surface area (Å²) in [5.74, 6) is -0.0343. The molecule has 15 heavy (non-hydrogen) atoms. The quantitative estimate of drug-likeness (QED) is 0.756. The Morgan fingerprint density at radius 1 is 1.27 bits per heavy atom. The van der Waals surface area contributed by atoms with Gasteiger partial charge in [0, 0.05) is 5.54 Å². The molecule has 0 heterocycles. The number of hydrogen-bond donors (Lipinski definition) is 2. The number of rotatable bonds is 3. The van der Waals surface area contributed by atoms with Crippen molar-refractivity contribution in [3.63, 3.8) is 0 Å². The lowest BCUT2D eigenvalue weighted by Crippen LogP contribution is -2.40. The van der Waals surface area contributed by atoms with Crippen molar-refractivity contribution in [1.29, 1.82) is 0 Å². The highest BCUT2D eigenvalue weighted by molar-refractivity contribution is 5.69. The lowest BCUT2D eigenvalue weighted by atomic mass is 9.82. The van der Waals surface area contributed by atoms with E-state index >= 15 is 0 Å². The predicted molar refractivity (Wildman–Crippen MR) is 60.8 cm³/mol. The third-order valence-corrected chi connectivity index (χ3v) is 3.12. The second-order valence-corrected chi connectivity index (χ2v) is 5.69. The van der Waals surface area contributed by atoms with Gasteiger partial charge in [0.1, 0.15) is 0 Å². The van der Waals surface area contributed by atoms with E-state index in [1.54, 1.807) is 0 Å². The normalized spacial score (nSPS) is 27.7. The average Bonchev–Trinajstić information content (AvgIpc) is 2.14. The molecule has 0 bridgehead atoms. The van der Waals surface area contributed by atoms with E-state index in [2.05, 4.69) is 26.1 Å². The third-order valence-electron chi connectivity index (χ3n) is 3.12. The number of nitrogens with one attached hydrogen (secondary N) is 1. The summed E-state index contributed by atoms with van der Waals surface area (Å²) >= 11 is 0. The van der Waals surface area contributed by atoms with Gasteiger partial charge in [0.15, 0.2) is 0 Å². The third kappa shape index (κ3) is 4.65. The van der Waals surface area contributed by atoms with Crippen molar-refractivity contribution in [3.8, 4) is 0 Å². The zero-order valence-corrected chi connectivity index (χ0v) is 10.0. The van der Waals surface area contributed by atoms with E-state index in [1.807, 2.05) is 0 Å². The number of carbonyl (C=O) groups is 1. The van der Waals surface area contributed by atoms with Crippen LogP contribution in [0.4, 0.5) is 0 Å². The molecule has 0 aromatic heterocycles. The Kier molecular flexibility index (Phi) is 4.14. The fourth-order valence-electron chi connectivity index (χ4n) is 2.06. The number of carboxylic acid groups (broad SMARTS) is 1. The molecule has 1 rings (SSSR count). The van der Waals surface area contributed by atoms with Crippen molar-refractivity contribution < 1.29 is 9.90 Å². The highest BCUT2D eigenvalue weighted by Crippen LogP contribution is 2.28. The molecule has 0 unspecified atom stereocenters. The van der Waals surface area contributed by atoms with Crippen LogP contribution in [0, 0.1) is 11.8 Å². The molecule has 0 spiro atoms. The maximum atomic E-state index is 10.8. The van der Waals surface area contributed by atoms with Gasteiger partial charge in [-0.05, 0) is 58.9 Å². The van der Waals surface area contributed by atoms with Crippen LogP contribution in [0.5, 0.6) is 0 Å². The zero-order chi connectivity index (χ0) is 11.5. The van der Waals surface area contributed by atoms with E-state index in [9.17, 15) is 4.79 Å². The highest BCUT2D eigenvalue weighted by Gasteiger charge is 2.26. The van der Waals surface area contributed by atoms with E-state index in [4.69, 9.17) is 5.11 Å². The Morgan fingerprint density at radius 3 is 2.20 bits per heavy atom. The Morgan fingerprint density at radius 2 is 1.80 bits per heavy atom. The van der Waals surface area contributed by atoms with Gasteiger partial charge < -0.3 is 10.4 Å². The minimum Gasteiger partial charge on any atom is -0.481 e. The molecule has 1 fully saturated rings. The van der Waals surface area contributed by atoms with Crippen molar-refractivity contribution in [3.05, 3.63) is 0 Å². The van der Waals surface area contributed by atoms with Crippen LogP contribution < -0.4 is 5.32 Å². The molecular formula is C12H23NO2. The first kappa shape index (κ1) is 12.5. The van der Waals surface area contributed by atoms with Crippen molar-refractivity contribution in [1.82, 2.24) is 5.32 Å². The molecule has 0 atom stereocenters. The topological polar surface area (TPSA) is 49.3 Å². The van der Waals surface area contributed by atoms with Crippen molar-refractivity contribution in [2.75, 3.05) is 6.54 Å². The molecule has 2 N–H and O–H groups in total. The summed E-state index contributed by atoms with van der Waals surface area (Å²) in [5.41, 5.74) is 0.170. The molecule has 3 nitrogen and oxygen atoms in total. The smallest absolute Gasteiger partial charge is 0.306 e. The van der Waals surface area contributed by atoms with E-state index < -0.39 is 5.97 Å². The maximum absolute atomic E-state index is 10.8. The van der Waals surface area contributed by atoms with Crippen molar-refractivity contribution in [2.45, 2.75) is 52.0 Å². The van der Waals surface area contributed by atoms with E-state index in [-0.39, 0.29) is 11.5 Å². The van der Waals surface area contributed by atoms with Gasteiger partial charge in [-0.25, -0.2) is 0 Å². The molecule has 0 aromatic carbocycles. The summed E-state index contributed by atoms with van der Waals surface area (Å²) in [6, 6.07) is 0. The van der Waals surface area contributed by atoms with Gasteiger partial charge >= 0.3 is 5.97 Å². The number of hydrogen-bond acceptors (Lipinski definition) is 2. The minimum absolute atomic E-state index is 0.0871. The van der Waals surface area contributed by atoms with Gasteiger partial charge in [-0.15, -0.1) is 0 Å². The summed E-state index contributed by atoms with van der Waals surface area (Å²) in [5, 5.41) is 12.4. The standard InChI is InChI=1S/C12H23NO2/c1-12(2,3)13-8-9-4-6-10(7-5-9)11(14)15/h9-10,13H,4-8H2,1-3H3,(H,14,15). The van der Waals surface area contributed by atoms with Gasteiger partial charge in [0.05, 0.1) is 5.92 Å². The Labute approximate surface area is 92.3 Å². The predicted octanol–water partition coefficient (Wildman–Crippen LogP) is 2.27. The van der Waals surface area contributed by atoms with E-state index in [1.165, 1.54) is 0 Å². The van der Waals surface area contributed by atoms with Gasteiger partial charge in [0.2, 0.25) is 0 Å². The first-order valence-corrected chi connectivity index (χ1v) is 5.86. The van der Waals surface area contributed by atoms with Crippen molar-refractivity contribution >= 4 is 5.97 Å². The molecule has 3 heteroatoms. The Hall–Kier alpha value is -0.570. The second kappa shape index (κ2) is 4.97. The minimum atomic E-state index is -0.614. The van der Waals surface area contributed by atoms with Gasteiger partial charge in [-0.1, -0.05) is 0 Å². The largest absolute Gasteiger partial charge is 0.481 e. The lowest BCUT2D eigenvalue weighted by molar-refractivity contribution is -0.143. The molecule has 1 saturated carbocycles. The number of carboxylic acids is 1. The average molecular weight is 213 g/mol. The first-order chi connectivity index (χ1) is 6.88. The summed E-state index contributed by atoms with van der Waals surface area (Å²) < 4.78 is 0. The molecule has 0 aromatic rings. The fourth-order valence-corrected chi connectivity index (χ4v) is 2.06. The van der Waals surface area contributed by atoms with Gasteiger partial charge in [-0.3, -0.25) is 4.79 Å². The molecule has 1 aliphatic rings. The van der Waals surface area contributed by atoms with Crippen LogP contribution in [0.3, 0.4) is 0 Å².